The first-order valence-electron chi connectivity index (χ1n) is 7.14. The Kier molecular flexibility index (Phi) is 3.68. The SMILES string of the molecule is CC1C=C(C2(F)CCN(C(C)(C)C)CC2)C=CC1. The van der Waals surface area contributed by atoms with Gasteiger partial charge in [-0.15, -0.1) is 0 Å². The van der Waals surface area contributed by atoms with E-state index in [-0.39, 0.29) is 5.54 Å². The Morgan fingerprint density at radius 2 is 1.89 bits per heavy atom. The van der Waals surface area contributed by atoms with Crippen LogP contribution in [-0.4, -0.2) is 29.2 Å². The van der Waals surface area contributed by atoms with Crippen LogP contribution in [0.2, 0.25) is 0 Å². The molecule has 1 saturated heterocycles. The monoisotopic (exact) mass is 251 g/mol. The van der Waals surface area contributed by atoms with Gasteiger partial charge in [0, 0.05) is 18.6 Å². The van der Waals surface area contributed by atoms with E-state index >= 15 is 4.39 Å². The normalized spacial score (nSPS) is 29.2. The molecule has 1 heterocycles. The number of halogens is 1. The molecule has 1 aliphatic carbocycles. The van der Waals surface area contributed by atoms with Crippen LogP contribution >= 0.6 is 0 Å². The van der Waals surface area contributed by atoms with Gasteiger partial charge in [-0.25, -0.2) is 4.39 Å². The van der Waals surface area contributed by atoms with Gasteiger partial charge in [-0.05, 0) is 51.5 Å². The van der Waals surface area contributed by atoms with Gasteiger partial charge in [0.15, 0.2) is 0 Å². The number of nitrogens with zero attached hydrogens (tertiary/aromatic N) is 1. The minimum Gasteiger partial charge on any atom is -0.298 e. The summed E-state index contributed by atoms with van der Waals surface area (Å²) in [5.74, 6) is 0.485. The van der Waals surface area contributed by atoms with E-state index in [1.165, 1.54) is 0 Å². The molecule has 2 heteroatoms. The quantitative estimate of drug-likeness (QED) is 0.678. The fourth-order valence-corrected chi connectivity index (χ4v) is 2.96. The van der Waals surface area contributed by atoms with Crippen molar-refractivity contribution in [1.82, 2.24) is 4.90 Å². The lowest BCUT2D eigenvalue weighted by molar-refractivity contribution is 0.0382. The van der Waals surface area contributed by atoms with E-state index < -0.39 is 5.67 Å². The van der Waals surface area contributed by atoms with E-state index in [0.29, 0.717) is 18.8 Å². The van der Waals surface area contributed by atoms with E-state index in [2.05, 4.69) is 44.7 Å². The number of piperidine rings is 1. The van der Waals surface area contributed by atoms with Gasteiger partial charge in [-0.2, -0.15) is 0 Å². The Bertz CT molecular complexity index is 354. The third-order valence-electron chi connectivity index (χ3n) is 4.29. The Hall–Kier alpha value is -0.630. The topological polar surface area (TPSA) is 3.24 Å². The van der Waals surface area contributed by atoms with Gasteiger partial charge >= 0.3 is 0 Å². The third-order valence-corrected chi connectivity index (χ3v) is 4.29. The summed E-state index contributed by atoms with van der Waals surface area (Å²) in [6.07, 6.45) is 8.57. The Morgan fingerprint density at radius 3 is 2.39 bits per heavy atom. The lowest BCUT2D eigenvalue weighted by Gasteiger charge is -2.44. The minimum atomic E-state index is -1.09. The molecule has 102 valence electrons. The van der Waals surface area contributed by atoms with E-state index in [0.717, 1.165) is 25.1 Å². The summed E-state index contributed by atoms with van der Waals surface area (Å²) >= 11 is 0. The first-order valence-corrected chi connectivity index (χ1v) is 7.14. The maximum Gasteiger partial charge on any atom is 0.138 e. The molecule has 1 aliphatic heterocycles. The molecule has 1 nitrogen and oxygen atoms in total. The molecule has 0 N–H and O–H groups in total. The van der Waals surface area contributed by atoms with Gasteiger partial charge < -0.3 is 0 Å². The van der Waals surface area contributed by atoms with Crippen LogP contribution < -0.4 is 0 Å². The number of alkyl halides is 1. The molecule has 2 aliphatic rings. The molecule has 0 radical (unpaired) electrons. The standard InChI is InChI=1S/C16H26FN/c1-13-6-5-7-14(12-13)16(17)8-10-18(11-9-16)15(2,3)4/h5,7,12-13H,6,8-11H2,1-4H3. The highest BCUT2D eigenvalue weighted by Gasteiger charge is 2.39. The van der Waals surface area contributed by atoms with Crippen LogP contribution in [0.5, 0.6) is 0 Å². The number of hydrogen-bond donors (Lipinski definition) is 0. The van der Waals surface area contributed by atoms with Gasteiger partial charge in [-0.3, -0.25) is 4.90 Å². The molecule has 1 atom stereocenters. The van der Waals surface area contributed by atoms with E-state index in [1.807, 2.05) is 6.08 Å². The van der Waals surface area contributed by atoms with E-state index in [9.17, 15) is 0 Å². The molecule has 0 aromatic carbocycles. The number of likely N-dealkylation sites (tertiary alicyclic amines) is 1. The van der Waals surface area contributed by atoms with Crippen molar-refractivity contribution in [1.29, 1.82) is 0 Å². The molecule has 0 bridgehead atoms. The van der Waals surface area contributed by atoms with E-state index in [4.69, 9.17) is 0 Å². The van der Waals surface area contributed by atoms with Crippen LogP contribution in [0.25, 0.3) is 0 Å². The zero-order valence-corrected chi connectivity index (χ0v) is 12.2. The summed E-state index contributed by atoms with van der Waals surface area (Å²) in [6.45, 7) is 10.5. The number of allylic oxidation sites excluding steroid dienone is 4. The second-order valence-corrected chi connectivity index (χ2v) is 6.86. The van der Waals surface area contributed by atoms with Gasteiger partial charge in [0.1, 0.15) is 5.67 Å². The maximum atomic E-state index is 15.0. The number of rotatable bonds is 1. The molecule has 0 saturated carbocycles. The largest absolute Gasteiger partial charge is 0.298 e. The molecular weight excluding hydrogens is 225 g/mol. The Balaban J connectivity index is 2.05. The fraction of sp³-hybridized carbons (Fsp3) is 0.750. The predicted molar refractivity (Wildman–Crippen MR) is 75.4 cm³/mol. The lowest BCUT2D eigenvalue weighted by Crippen LogP contribution is -2.50. The van der Waals surface area contributed by atoms with Gasteiger partial charge in [-0.1, -0.05) is 25.2 Å². The first kappa shape index (κ1) is 13.8. The molecule has 1 unspecified atom stereocenters. The fourth-order valence-electron chi connectivity index (χ4n) is 2.96. The molecule has 0 spiro atoms. The maximum absolute atomic E-state index is 15.0. The highest BCUT2D eigenvalue weighted by molar-refractivity contribution is 5.33. The van der Waals surface area contributed by atoms with Crippen LogP contribution in [0.15, 0.2) is 23.8 Å². The second kappa shape index (κ2) is 4.80. The van der Waals surface area contributed by atoms with Crippen molar-refractivity contribution in [3.8, 4) is 0 Å². The second-order valence-electron chi connectivity index (χ2n) is 6.86. The van der Waals surface area contributed by atoms with Crippen LogP contribution in [0.4, 0.5) is 4.39 Å². The summed E-state index contributed by atoms with van der Waals surface area (Å²) in [6, 6.07) is 0. The van der Waals surface area contributed by atoms with E-state index in [1.54, 1.807) is 0 Å². The minimum absolute atomic E-state index is 0.158. The summed E-state index contributed by atoms with van der Waals surface area (Å²) in [5.41, 5.74) is -0.00646. The highest BCUT2D eigenvalue weighted by Crippen LogP contribution is 2.38. The van der Waals surface area contributed by atoms with Crippen molar-refractivity contribution in [2.45, 2.75) is 58.2 Å². The van der Waals surface area contributed by atoms with Crippen molar-refractivity contribution in [3.05, 3.63) is 23.8 Å². The summed E-state index contributed by atoms with van der Waals surface area (Å²) < 4.78 is 15.0. The highest BCUT2D eigenvalue weighted by atomic mass is 19.1. The molecule has 0 aromatic rings. The van der Waals surface area contributed by atoms with Crippen LogP contribution in [0, 0.1) is 5.92 Å². The van der Waals surface area contributed by atoms with Crippen molar-refractivity contribution >= 4 is 0 Å². The van der Waals surface area contributed by atoms with Gasteiger partial charge in [0.25, 0.3) is 0 Å². The molecular formula is C16H26FN. The average molecular weight is 251 g/mol. The van der Waals surface area contributed by atoms with Crippen molar-refractivity contribution in [2.24, 2.45) is 5.92 Å². The summed E-state index contributed by atoms with van der Waals surface area (Å²) in [7, 11) is 0. The average Bonchev–Trinajstić information content (AvgIpc) is 2.28. The molecule has 18 heavy (non-hydrogen) atoms. The third kappa shape index (κ3) is 2.85. The Labute approximate surface area is 111 Å². The zero-order valence-electron chi connectivity index (χ0n) is 12.2. The lowest BCUT2D eigenvalue weighted by atomic mass is 9.80. The molecule has 2 rings (SSSR count). The van der Waals surface area contributed by atoms with Crippen molar-refractivity contribution < 1.29 is 4.39 Å². The Morgan fingerprint density at radius 1 is 1.28 bits per heavy atom. The van der Waals surface area contributed by atoms with Gasteiger partial charge in [0.05, 0.1) is 0 Å². The van der Waals surface area contributed by atoms with Crippen LogP contribution in [0.3, 0.4) is 0 Å². The molecule has 1 fully saturated rings. The molecule has 0 aromatic heterocycles. The molecule has 0 amide bonds. The van der Waals surface area contributed by atoms with Crippen molar-refractivity contribution in [3.63, 3.8) is 0 Å². The smallest absolute Gasteiger partial charge is 0.138 e. The van der Waals surface area contributed by atoms with Gasteiger partial charge in [0.2, 0.25) is 0 Å². The summed E-state index contributed by atoms with van der Waals surface area (Å²) in [4.78, 5) is 2.39. The zero-order chi connectivity index (χ0) is 13.4. The summed E-state index contributed by atoms with van der Waals surface area (Å²) in [5, 5.41) is 0. The first-order chi connectivity index (χ1) is 8.31. The van der Waals surface area contributed by atoms with Crippen LogP contribution in [0.1, 0.15) is 47.0 Å². The van der Waals surface area contributed by atoms with Crippen molar-refractivity contribution in [2.75, 3.05) is 13.1 Å². The number of hydrogen-bond acceptors (Lipinski definition) is 1. The predicted octanol–water partition coefficient (Wildman–Crippen LogP) is 4.11. The van der Waals surface area contributed by atoms with Crippen LogP contribution in [-0.2, 0) is 0 Å².